The summed E-state index contributed by atoms with van der Waals surface area (Å²) in [6.07, 6.45) is 0. The smallest absolute Gasteiger partial charge is 0.238 e. The van der Waals surface area contributed by atoms with E-state index in [1.54, 1.807) is 23.9 Å². The van der Waals surface area contributed by atoms with Crippen LogP contribution in [0.2, 0.25) is 0 Å². The number of nitrogens with zero attached hydrogens (tertiary/aromatic N) is 1. The Bertz CT molecular complexity index is 986. The molecule has 1 aliphatic rings. The first-order chi connectivity index (χ1) is 13.5. The van der Waals surface area contributed by atoms with Crippen molar-refractivity contribution in [1.82, 2.24) is 10.2 Å². The highest BCUT2D eigenvalue weighted by molar-refractivity contribution is 8.01. The number of nitrogens with one attached hydrogen (secondary N) is 2. The predicted molar refractivity (Wildman–Crippen MR) is 108 cm³/mol. The molecule has 144 valence electrons. The second kappa shape index (κ2) is 7.67. The first-order valence-electron chi connectivity index (χ1n) is 8.99. The first-order valence-corrected chi connectivity index (χ1v) is 9.94. The zero-order valence-electron chi connectivity index (χ0n) is 15.5. The highest BCUT2D eigenvalue weighted by atomic mass is 32.2. The Kier molecular flexibility index (Phi) is 5.09. The van der Waals surface area contributed by atoms with Crippen LogP contribution in [-0.2, 0) is 11.4 Å². The monoisotopic (exact) mass is 397 g/mol. The van der Waals surface area contributed by atoms with Gasteiger partial charge in [-0.05, 0) is 49.2 Å². The summed E-state index contributed by atoms with van der Waals surface area (Å²) in [5.74, 6) is 1.03. The number of amides is 1. The van der Waals surface area contributed by atoms with E-state index < -0.39 is 0 Å². The molecule has 0 radical (unpaired) electrons. The molecule has 28 heavy (non-hydrogen) atoms. The number of aromatic amines is 1. The van der Waals surface area contributed by atoms with Gasteiger partial charge in [-0.1, -0.05) is 24.3 Å². The SMILES string of the molecule is Cc1[nH]nc2c1[C@@H](c1ccc(OCc3ccc(F)cc3)cc1)S[C@@H](C)C(=O)N2. The molecule has 0 fully saturated rings. The van der Waals surface area contributed by atoms with E-state index >= 15 is 0 Å². The summed E-state index contributed by atoms with van der Waals surface area (Å²) < 4.78 is 18.8. The fourth-order valence-electron chi connectivity index (χ4n) is 3.14. The number of aromatic nitrogens is 2. The van der Waals surface area contributed by atoms with Crippen molar-refractivity contribution in [3.63, 3.8) is 0 Å². The lowest BCUT2D eigenvalue weighted by molar-refractivity contribution is -0.115. The molecule has 7 heteroatoms. The topological polar surface area (TPSA) is 67.0 Å². The summed E-state index contributed by atoms with van der Waals surface area (Å²) in [6, 6.07) is 14.1. The lowest BCUT2D eigenvalue weighted by Gasteiger charge is -2.18. The van der Waals surface area contributed by atoms with Gasteiger partial charge in [0.2, 0.25) is 5.91 Å². The standard InChI is InChI=1S/C21H20FN3O2S/c1-12-18-19(28-13(2)21(26)23-20(18)25-24-12)15-5-9-17(10-6-15)27-11-14-3-7-16(22)8-4-14/h3-10,13,19H,11H2,1-2H3,(H2,23,24,25,26)/t13-,19+/m0/s1. The number of hydrogen-bond donors (Lipinski definition) is 2. The van der Waals surface area contributed by atoms with Crippen LogP contribution in [0.25, 0.3) is 0 Å². The molecule has 5 nitrogen and oxygen atoms in total. The molecule has 0 spiro atoms. The molecule has 1 aliphatic heterocycles. The van der Waals surface area contributed by atoms with Crippen LogP contribution in [0, 0.1) is 12.7 Å². The molecule has 0 aliphatic carbocycles. The highest BCUT2D eigenvalue weighted by Crippen LogP contribution is 2.44. The van der Waals surface area contributed by atoms with Crippen molar-refractivity contribution in [3.8, 4) is 5.75 Å². The molecule has 1 aromatic heterocycles. The minimum absolute atomic E-state index is 0.00570. The lowest BCUT2D eigenvalue weighted by atomic mass is 10.0. The van der Waals surface area contributed by atoms with Gasteiger partial charge in [-0.25, -0.2) is 4.39 Å². The molecule has 2 aromatic carbocycles. The third-order valence-corrected chi connectivity index (χ3v) is 6.11. The fourth-order valence-corrected chi connectivity index (χ4v) is 4.47. The summed E-state index contributed by atoms with van der Waals surface area (Å²) in [6.45, 7) is 4.23. The summed E-state index contributed by atoms with van der Waals surface area (Å²) >= 11 is 1.60. The summed E-state index contributed by atoms with van der Waals surface area (Å²) in [5.41, 5.74) is 3.93. The number of halogens is 1. The first kappa shape index (κ1) is 18.6. The van der Waals surface area contributed by atoms with E-state index in [2.05, 4.69) is 15.5 Å². The zero-order valence-corrected chi connectivity index (χ0v) is 16.3. The fraction of sp³-hybridized carbons (Fsp3) is 0.238. The number of carbonyl (C=O) groups excluding carboxylic acids is 1. The van der Waals surface area contributed by atoms with Gasteiger partial charge in [-0.3, -0.25) is 9.89 Å². The van der Waals surface area contributed by atoms with Crippen molar-refractivity contribution >= 4 is 23.5 Å². The van der Waals surface area contributed by atoms with Gasteiger partial charge in [-0.2, -0.15) is 5.10 Å². The number of benzene rings is 2. The predicted octanol–water partition coefficient (Wildman–Crippen LogP) is 4.60. The molecule has 2 N–H and O–H groups in total. The van der Waals surface area contributed by atoms with Gasteiger partial charge in [0.05, 0.1) is 10.5 Å². The molecule has 1 amide bonds. The number of carbonyl (C=O) groups is 1. The van der Waals surface area contributed by atoms with Gasteiger partial charge >= 0.3 is 0 Å². The number of thioether (sulfide) groups is 1. The maximum atomic E-state index is 13.0. The lowest BCUT2D eigenvalue weighted by Crippen LogP contribution is -2.21. The van der Waals surface area contributed by atoms with Crippen molar-refractivity contribution in [2.24, 2.45) is 0 Å². The molecule has 2 atom stereocenters. The maximum Gasteiger partial charge on any atom is 0.238 e. The third-order valence-electron chi connectivity index (χ3n) is 4.71. The van der Waals surface area contributed by atoms with Crippen molar-refractivity contribution in [2.75, 3.05) is 5.32 Å². The van der Waals surface area contributed by atoms with E-state index in [-0.39, 0.29) is 22.2 Å². The average molecular weight is 397 g/mol. The Morgan fingerprint density at radius 1 is 1.14 bits per heavy atom. The number of fused-ring (bicyclic) bond motifs is 1. The Morgan fingerprint density at radius 3 is 2.57 bits per heavy atom. The number of H-pyrrole nitrogens is 1. The van der Waals surface area contributed by atoms with Gasteiger partial charge < -0.3 is 10.1 Å². The third kappa shape index (κ3) is 3.75. The Morgan fingerprint density at radius 2 is 1.86 bits per heavy atom. The van der Waals surface area contributed by atoms with Crippen LogP contribution in [-0.4, -0.2) is 21.4 Å². The Balaban J connectivity index is 1.53. The van der Waals surface area contributed by atoms with E-state index in [1.807, 2.05) is 38.1 Å². The van der Waals surface area contributed by atoms with Gasteiger partial charge in [0.1, 0.15) is 18.2 Å². The second-order valence-corrected chi connectivity index (χ2v) is 8.19. The average Bonchev–Trinajstić information content (AvgIpc) is 2.99. The quantitative estimate of drug-likeness (QED) is 0.675. The van der Waals surface area contributed by atoms with Crippen molar-refractivity contribution in [3.05, 3.63) is 76.7 Å². The van der Waals surface area contributed by atoms with Crippen LogP contribution in [0.5, 0.6) is 5.75 Å². The number of ether oxygens (including phenoxy) is 1. The van der Waals surface area contributed by atoms with Gasteiger partial charge in [-0.15, -0.1) is 11.8 Å². The largest absolute Gasteiger partial charge is 0.489 e. The number of anilines is 1. The van der Waals surface area contributed by atoms with Crippen molar-refractivity contribution < 1.29 is 13.9 Å². The van der Waals surface area contributed by atoms with Crippen molar-refractivity contribution in [1.29, 1.82) is 0 Å². The molecule has 0 unspecified atom stereocenters. The number of rotatable bonds is 4. The Hall–Kier alpha value is -2.80. The zero-order chi connectivity index (χ0) is 19.7. The normalized spacial score (nSPS) is 18.9. The second-order valence-electron chi connectivity index (χ2n) is 6.74. The van der Waals surface area contributed by atoms with E-state index in [4.69, 9.17) is 4.74 Å². The van der Waals surface area contributed by atoms with Crippen LogP contribution < -0.4 is 10.1 Å². The van der Waals surface area contributed by atoms with Crippen LogP contribution in [0.4, 0.5) is 10.2 Å². The van der Waals surface area contributed by atoms with E-state index in [1.165, 1.54) is 12.1 Å². The van der Waals surface area contributed by atoms with E-state index in [0.717, 1.165) is 28.1 Å². The number of hydrogen-bond acceptors (Lipinski definition) is 4. The molecule has 0 bridgehead atoms. The summed E-state index contributed by atoms with van der Waals surface area (Å²) in [7, 11) is 0. The molecule has 3 aromatic rings. The van der Waals surface area contributed by atoms with Gasteiger partial charge in [0, 0.05) is 11.3 Å². The molecule has 0 saturated heterocycles. The molecular formula is C21H20FN3O2S. The minimum atomic E-state index is -0.259. The highest BCUT2D eigenvalue weighted by Gasteiger charge is 2.32. The van der Waals surface area contributed by atoms with Crippen LogP contribution in [0.1, 0.15) is 34.6 Å². The number of aryl methyl sites for hydroxylation is 1. The maximum absolute atomic E-state index is 13.0. The Labute approximate surface area is 166 Å². The molecule has 4 rings (SSSR count). The molecular weight excluding hydrogens is 377 g/mol. The minimum Gasteiger partial charge on any atom is -0.489 e. The summed E-state index contributed by atoms with van der Waals surface area (Å²) in [5, 5.41) is 9.91. The molecule has 2 heterocycles. The van der Waals surface area contributed by atoms with Gasteiger partial charge in [0.25, 0.3) is 0 Å². The van der Waals surface area contributed by atoms with Crippen molar-refractivity contribution in [2.45, 2.75) is 31.0 Å². The summed E-state index contributed by atoms with van der Waals surface area (Å²) in [4.78, 5) is 12.2. The van der Waals surface area contributed by atoms with Crippen LogP contribution in [0.15, 0.2) is 48.5 Å². The molecule has 0 saturated carbocycles. The van der Waals surface area contributed by atoms with Crippen LogP contribution in [0.3, 0.4) is 0 Å². The van der Waals surface area contributed by atoms with E-state index in [9.17, 15) is 9.18 Å². The van der Waals surface area contributed by atoms with Crippen LogP contribution >= 0.6 is 11.8 Å². The van der Waals surface area contributed by atoms with E-state index in [0.29, 0.717) is 12.4 Å². The van der Waals surface area contributed by atoms with Gasteiger partial charge in [0.15, 0.2) is 5.82 Å².